The van der Waals surface area contributed by atoms with E-state index in [1.165, 1.54) is 0 Å². The number of fused-ring (bicyclic) bond motifs is 1. The summed E-state index contributed by atoms with van der Waals surface area (Å²) in [7, 11) is 1.65. The second-order valence-electron chi connectivity index (χ2n) is 4.13. The van der Waals surface area contributed by atoms with Crippen molar-refractivity contribution in [2.24, 2.45) is 0 Å². The van der Waals surface area contributed by atoms with Gasteiger partial charge in [0.1, 0.15) is 0 Å². The molecule has 5 nitrogen and oxygen atoms in total. The summed E-state index contributed by atoms with van der Waals surface area (Å²) in [5.41, 5.74) is 1.05. The molecule has 0 aliphatic carbocycles. The van der Waals surface area contributed by atoms with E-state index in [0.717, 1.165) is 23.6 Å². The Morgan fingerprint density at radius 2 is 2.28 bits per heavy atom. The molecule has 0 aromatic heterocycles. The normalized spacial score (nSPS) is 12.8. The van der Waals surface area contributed by atoms with E-state index in [-0.39, 0.29) is 12.7 Å². The van der Waals surface area contributed by atoms with Crippen LogP contribution in [0.3, 0.4) is 0 Å². The van der Waals surface area contributed by atoms with Crippen LogP contribution in [-0.2, 0) is 11.3 Å². The van der Waals surface area contributed by atoms with Gasteiger partial charge in [0.2, 0.25) is 12.7 Å². The highest BCUT2D eigenvalue weighted by molar-refractivity contribution is 5.77. The second-order valence-corrected chi connectivity index (χ2v) is 4.13. The first-order valence-electron chi connectivity index (χ1n) is 6.05. The van der Waals surface area contributed by atoms with Crippen LogP contribution in [0.5, 0.6) is 11.5 Å². The van der Waals surface area contributed by atoms with E-state index in [9.17, 15) is 4.79 Å². The number of rotatable bonds is 5. The quantitative estimate of drug-likeness (QED) is 0.846. The van der Waals surface area contributed by atoms with Crippen molar-refractivity contribution < 1.29 is 14.3 Å². The third kappa shape index (κ3) is 2.73. The van der Waals surface area contributed by atoms with Crippen molar-refractivity contribution >= 4 is 5.91 Å². The number of hydrogen-bond donors (Lipinski definition) is 1. The van der Waals surface area contributed by atoms with Gasteiger partial charge in [-0.2, -0.15) is 0 Å². The molecular formula is C13H18N2O3. The zero-order valence-electron chi connectivity index (χ0n) is 10.7. The number of hydrogen-bond acceptors (Lipinski definition) is 4. The van der Waals surface area contributed by atoms with Crippen LogP contribution < -0.4 is 14.8 Å². The summed E-state index contributed by atoms with van der Waals surface area (Å²) in [5.74, 6) is 1.60. The van der Waals surface area contributed by atoms with Crippen molar-refractivity contribution in [2.75, 3.05) is 26.9 Å². The Bertz CT molecular complexity index is 434. The Morgan fingerprint density at radius 3 is 3.00 bits per heavy atom. The average molecular weight is 250 g/mol. The fourth-order valence-electron chi connectivity index (χ4n) is 1.92. The van der Waals surface area contributed by atoms with Crippen LogP contribution >= 0.6 is 0 Å². The van der Waals surface area contributed by atoms with Crippen LogP contribution in [0.15, 0.2) is 18.2 Å². The minimum absolute atomic E-state index is 0.0154. The molecule has 2 rings (SSSR count). The lowest BCUT2D eigenvalue weighted by molar-refractivity contribution is -0.121. The summed E-state index contributed by atoms with van der Waals surface area (Å²) >= 11 is 0. The zero-order valence-corrected chi connectivity index (χ0v) is 10.7. The number of amides is 1. The van der Waals surface area contributed by atoms with Gasteiger partial charge >= 0.3 is 0 Å². The molecule has 0 radical (unpaired) electrons. The highest BCUT2D eigenvalue weighted by Gasteiger charge is 2.19. The molecule has 98 valence electrons. The molecule has 0 bridgehead atoms. The smallest absolute Gasteiger partial charge is 0.233 e. The highest BCUT2D eigenvalue weighted by atomic mass is 16.7. The van der Waals surface area contributed by atoms with Crippen LogP contribution in [0.1, 0.15) is 12.5 Å². The van der Waals surface area contributed by atoms with Crippen molar-refractivity contribution in [1.29, 1.82) is 0 Å². The van der Waals surface area contributed by atoms with Gasteiger partial charge < -0.3 is 14.8 Å². The number of likely N-dealkylation sites (N-methyl/N-ethyl adjacent to an activating group) is 2. The molecule has 1 aliphatic rings. The third-order valence-electron chi connectivity index (χ3n) is 2.97. The van der Waals surface area contributed by atoms with Crippen molar-refractivity contribution in [2.45, 2.75) is 13.5 Å². The lowest BCUT2D eigenvalue weighted by Gasteiger charge is -2.20. The highest BCUT2D eigenvalue weighted by Crippen LogP contribution is 2.35. The maximum absolute atomic E-state index is 11.4. The number of ether oxygens (including phenoxy) is 2. The molecule has 5 heteroatoms. The summed E-state index contributed by atoms with van der Waals surface area (Å²) < 4.78 is 10.8. The molecule has 0 saturated heterocycles. The molecular weight excluding hydrogens is 232 g/mol. The van der Waals surface area contributed by atoms with E-state index in [1.807, 2.05) is 25.1 Å². The van der Waals surface area contributed by atoms with Gasteiger partial charge in [0, 0.05) is 19.2 Å². The van der Waals surface area contributed by atoms with Gasteiger partial charge in [-0.05, 0) is 12.6 Å². The number of carbonyl (C=O) groups is 1. The van der Waals surface area contributed by atoms with Crippen LogP contribution in [-0.4, -0.2) is 37.7 Å². The largest absolute Gasteiger partial charge is 0.454 e. The van der Waals surface area contributed by atoms with Gasteiger partial charge in [-0.15, -0.1) is 0 Å². The van der Waals surface area contributed by atoms with Crippen LogP contribution in [0.4, 0.5) is 0 Å². The first-order valence-corrected chi connectivity index (χ1v) is 6.05. The summed E-state index contributed by atoms with van der Waals surface area (Å²) in [4.78, 5) is 13.4. The van der Waals surface area contributed by atoms with Gasteiger partial charge in [-0.25, -0.2) is 0 Å². The molecule has 1 amide bonds. The van der Waals surface area contributed by atoms with Crippen LogP contribution in [0, 0.1) is 0 Å². The minimum atomic E-state index is 0.0154. The first kappa shape index (κ1) is 12.7. The van der Waals surface area contributed by atoms with Crippen molar-refractivity contribution in [3.05, 3.63) is 23.8 Å². The summed E-state index contributed by atoms with van der Waals surface area (Å²) in [6, 6.07) is 5.83. The van der Waals surface area contributed by atoms with Gasteiger partial charge in [0.05, 0.1) is 6.54 Å². The maximum atomic E-state index is 11.4. The van der Waals surface area contributed by atoms with E-state index in [4.69, 9.17) is 9.47 Å². The van der Waals surface area contributed by atoms with Gasteiger partial charge in [0.25, 0.3) is 0 Å². The van der Waals surface area contributed by atoms with E-state index in [2.05, 4.69) is 10.2 Å². The second kappa shape index (κ2) is 5.73. The Morgan fingerprint density at radius 1 is 1.44 bits per heavy atom. The van der Waals surface area contributed by atoms with Crippen molar-refractivity contribution in [3.63, 3.8) is 0 Å². The van der Waals surface area contributed by atoms with E-state index in [0.29, 0.717) is 13.1 Å². The summed E-state index contributed by atoms with van der Waals surface area (Å²) in [5, 5.41) is 2.63. The standard InChI is InChI=1S/C13H18N2O3/c1-3-15(8-12(16)14-2)7-10-5-4-6-11-13(10)18-9-17-11/h4-6H,3,7-9H2,1-2H3,(H,14,16). The van der Waals surface area contributed by atoms with Gasteiger partial charge in [-0.1, -0.05) is 19.1 Å². The number of nitrogens with zero attached hydrogens (tertiary/aromatic N) is 1. The third-order valence-corrected chi connectivity index (χ3v) is 2.97. The fourth-order valence-corrected chi connectivity index (χ4v) is 1.92. The van der Waals surface area contributed by atoms with Crippen LogP contribution in [0.25, 0.3) is 0 Å². The van der Waals surface area contributed by atoms with Crippen molar-refractivity contribution in [3.8, 4) is 11.5 Å². The summed E-state index contributed by atoms with van der Waals surface area (Å²) in [6.07, 6.45) is 0. The topological polar surface area (TPSA) is 50.8 Å². The Balaban J connectivity index is 2.08. The molecule has 1 aromatic carbocycles. The predicted octanol–water partition coefficient (Wildman–Crippen LogP) is 0.983. The molecule has 0 spiro atoms. The lowest BCUT2D eigenvalue weighted by atomic mass is 10.1. The molecule has 0 saturated carbocycles. The fraction of sp³-hybridized carbons (Fsp3) is 0.462. The molecule has 0 atom stereocenters. The molecule has 18 heavy (non-hydrogen) atoms. The Hall–Kier alpha value is -1.75. The van der Waals surface area contributed by atoms with Crippen LogP contribution in [0.2, 0.25) is 0 Å². The molecule has 0 unspecified atom stereocenters. The minimum Gasteiger partial charge on any atom is -0.454 e. The number of benzene rings is 1. The number of nitrogens with one attached hydrogen (secondary N) is 1. The molecule has 0 fully saturated rings. The maximum Gasteiger partial charge on any atom is 0.233 e. The first-order chi connectivity index (χ1) is 8.74. The van der Waals surface area contributed by atoms with Crippen molar-refractivity contribution in [1.82, 2.24) is 10.2 Å². The number of carbonyl (C=O) groups excluding carboxylic acids is 1. The SMILES string of the molecule is CCN(CC(=O)NC)Cc1cccc2c1OCO2. The van der Waals surface area contributed by atoms with E-state index >= 15 is 0 Å². The molecule has 1 heterocycles. The Kier molecular flexibility index (Phi) is 4.04. The molecule has 1 aromatic rings. The predicted molar refractivity (Wildman–Crippen MR) is 67.6 cm³/mol. The molecule has 1 aliphatic heterocycles. The van der Waals surface area contributed by atoms with Gasteiger partial charge in [-0.3, -0.25) is 9.69 Å². The monoisotopic (exact) mass is 250 g/mol. The van der Waals surface area contributed by atoms with Gasteiger partial charge in [0.15, 0.2) is 11.5 Å². The zero-order chi connectivity index (χ0) is 13.0. The van der Waals surface area contributed by atoms with E-state index < -0.39 is 0 Å². The molecule has 1 N–H and O–H groups in total. The average Bonchev–Trinajstić information content (AvgIpc) is 2.87. The summed E-state index contributed by atoms with van der Waals surface area (Å²) in [6.45, 7) is 4.17. The van der Waals surface area contributed by atoms with E-state index in [1.54, 1.807) is 7.05 Å². The number of para-hydroxylation sites is 1. The lowest BCUT2D eigenvalue weighted by Crippen LogP contribution is -2.35. The Labute approximate surface area is 107 Å².